The molecule has 0 aliphatic heterocycles. The Morgan fingerprint density at radius 1 is 1.15 bits per heavy atom. The molecule has 2 heterocycles. The fraction of sp³-hybridized carbons (Fsp3) is 0.538. The summed E-state index contributed by atoms with van der Waals surface area (Å²) in [6, 6.07) is 7.53. The Bertz CT molecular complexity index is 1070. The molecule has 178 valence electrons. The van der Waals surface area contributed by atoms with E-state index in [1.54, 1.807) is 13.4 Å². The number of likely N-dealkylation sites (N-methyl/N-ethyl adjacent to an activating group) is 2. The molecule has 1 aliphatic carbocycles. The summed E-state index contributed by atoms with van der Waals surface area (Å²) in [5, 5.41) is 7.65. The van der Waals surface area contributed by atoms with Crippen molar-refractivity contribution < 1.29 is 4.74 Å². The van der Waals surface area contributed by atoms with E-state index in [0.29, 0.717) is 12.1 Å². The number of benzene rings is 1. The van der Waals surface area contributed by atoms with Gasteiger partial charge >= 0.3 is 0 Å². The number of rotatable bonds is 9. The van der Waals surface area contributed by atoms with Crippen LogP contribution in [0.2, 0.25) is 0 Å². The fourth-order valence-corrected chi connectivity index (χ4v) is 5.31. The second kappa shape index (κ2) is 10.5. The van der Waals surface area contributed by atoms with E-state index in [0.717, 1.165) is 58.9 Å². The van der Waals surface area contributed by atoms with Crippen LogP contribution in [0.15, 0.2) is 30.7 Å². The van der Waals surface area contributed by atoms with E-state index >= 15 is 0 Å². The number of ether oxygens (including phenoxy) is 1. The van der Waals surface area contributed by atoms with Gasteiger partial charge in [0.1, 0.15) is 23.5 Å². The van der Waals surface area contributed by atoms with Crippen LogP contribution in [0.5, 0.6) is 5.75 Å². The van der Waals surface area contributed by atoms with E-state index < -0.39 is 0 Å². The normalized spacial score (nSPS) is 18.7. The van der Waals surface area contributed by atoms with E-state index in [4.69, 9.17) is 9.72 Å². The van der Waals surface area contributed by atoms with Gasteiger partial charge in [-0.3, -0.25) is 4.90 Å². The predicted octanol–water partition coefficient (Wildman–Crippen LogP) is 4.48. The van der Waals surface area contributed by atoms with Gasteiger partial charge in [-0.15, -0.1) is 0 Å². The topological polar surface area (TPSA) is 67.2 Å². The summed E-state index contributed by atoms with van der Waals surface area (Å²) in [4.78, 5) is 11.9. The van der Waals surface area contributed by atoms with Crippen molar-refractivity contribution in [2.75, 3.05) is 46.2 Å². The number of aryl methyl sites for hydroxylation is 1. The summed E-state index contributed by atoms with van der Waals surface area (Å²) in [6.07, 6.45) is 8.74. The van der Waals surface area contributed by atoms with Gasteiger partial charge in [-0.25, -0.2) is 9.97 Å². The molecule has 33 heavy (non-hydrogen) atoms. The Morgan fingerprint density at radius 3 is 2.61 bits per heavy atom. The number of anilines is 1. The highest BCUT2D eigenvalue weighted by molar-refractivity contribution is 6.01. The van der Waals surface area contributed by atoms with Gasteiger partial charge in [-0.05, 0) is 63.4 Å². The number of aromatic nitrogens is 3. The van der Waals surface area contributed by atoms with Crippen molar-refractivity contribution in [2.24, 2.45) is 0 Å². The van der Waals surface area contributed by atoms with Crippen LogP contribution in [0, 0.1) is 6.92 Å². The first kappa shape index (κ1) is 23.5. The van der Waals surface area contributed by atoms with Crippen molar-refractivity contribution in [2.45, 2.75) is 51.6 Å². The Morgan fingerprint density at radius 2 is 1.94 bits per heavy atom. The molecule has 0 spiro atoms. The molecule has 0 bridgehead atoms. The molecule has 1 aliphatic rings. The van der Waals surface area contributed by atoms with Crippen LogP contribution < -0.4 is 15.4 Å². The van der Waals surface area contributed by atoms with Gasteiger partial charge in [0, 0.05) is 44.0 Å². The lowest BCUT2D eigenvalue weighted by atomic mass is 9.90. The largest absolute Gasteiger partial charge is 0.496 e. The summed E-state index contributed by atoms with van der Waals surface area (Å²) < 4.78 is 8.01. The summed E-state index contributed by atoms with van der Waals surface area (Å²) >= 11 is 0. The van der Waals surface area contributed by atoms with Crippen LogP contribution in [-0.2, 0) is 0 Å². The smallest absolute Gasteiger partial charge is 0.146 e. The van der Waals surface area contributed by atoms with E-state index in [9.17, 15) is 0 Å². The van der Waals surface area contributed by atoms with E-state index in [1.165, 1.54) is 25.7 Å². The first-order valence-corrected chi connectivity index (χ1v) is 12.2. The van der Waals surface area contributed by atoms with Gasteiger partial charge in [-0.2, -0.15) is 0 Å². The lowest BCUT2D eigenvalue weighted by molar-refractivity contribution is 0.146. The van der Waals surface area contributed by atoms with Crippen LogP contribution in [-0.4, -0.2) is 66.3 Å². The maximum atomic E-state index is 5.61. The lowest BCUT2D eigenvalue weighted by Gasteiger charge is -2.37. The SMILES string of the molecule is CCN(CCNC)C1CCC(n2cc(-c3ccc(C)c(OC)c3)c3c(NC)ncnc32)CC1. The van der Waals surface area contributed by atoms with Crippen LogP contribution in [0.4, 0.5) is 5.82 Å². The predicted molar refractivity (Wildman–Crippen MR) is 136 cm³/mol. The standard InChI is InChI=1S/C26H38N6O/c1-6-31(14-13-27-3)20-9-11-21(12-10-20)32-16-22(19-8-7-18(2)23(15-19)33-5)24-25(28-4)29-17-30-26(24)32/h7-8,15-17,20-21,27H,6,9-14H2,1-5H3,(H,28,29,30). The van der Waals surface area contributed by atoms with Crippen LogP contribution in [0.1, 0.15) is 44.2 Å². The molecular formula is C26H38N6O. The van der Waals surface area contributed by atoms with Crippen molar-refractivity contribution in [3.05, 3.63) is 36.3 Å². The van der Waals surface area contributed by atoms with Crippen molar-refractivity contribution >= 4 is 16.9 Å². The Hall–Kier alpha value is -2.64. The maximum absolute atomic E-state index is 5.61. The number of hydrogen-bond donors (Lipinski definition) is 2. The minimum atomic E-state index is 0.451. The molecule has 7 heteroatoms. The lowest BCUT2D eigenvalue weighted by Crippen LogP contribution is -2.41. The third-order valence-electron chi connectivity index (χ3n) is 7.20. The number of nitrogens with zero attached hydrogens (tertiary/aromatic N) is 4. The summed E-state index contributed by atoms with van der Waals surface area (Å²) in [7, 11) is 5.69. The number of fused-ring (bicyclic) bond motifs is 1. The molecular weight excluding hydrogens is 412 g/mol. The number of hydrogen-bond acceptors (Lipinski definition) is 6. The number of nitrogens with one attached hydrogen (secondary N) is 2. The average molecular weight is 451 g/mol. The second-order valence-corrected chi connectivity index (χ2v) is 9.00. The van der Waals surface area contributed by atoms with Crippen molar-refractivity contribution in [1.29, 1.82) is 0 Å². The van der Waals surface area contributed by atoms with E-state index in [2.05, 4.69) is 63.3 Å². The van der Waals surface area contributed by atoms with Crippen molar-refractivity contribution in [3.8, 4) is 16.9 Å². The molecule has 1 fully saturated rings. The maximum Gasteiger partial charge on any atom is 0.146 e. The first-order chi connectivity index (χ1) is 16.1. The Labute approximate surface area is 197 Å². The Balaban J connectivity index is 1.67. The zero-order valence-electron chi connectivity index (χ0n) is 20.7. The molecule has 0 amide bonds. The summed E-state index contributed by atoms with van der Waals surface area (Å²) in [6.45, 7) is 7.62. The third kappa shape index (κ3) is 4.70. The molecule has 0 unspecified atom stereocenters. The van der Waals surface area contributed by atoms with Crippen molar-refractivity contribution in [3.63, 3.8) is 0 Å². The van der Waals surface area contributed by atoms with Crippen molar-refractivity contribution in [1.82, 2.24) is 24.8 Å². The van der Waals surface area contributed by atoms with Crippen LogP contribution in [0.25, 0.3) is 22.2 Å². The molecule has 4 rings (SSSR count). The summed E-state index contributed by atoms with van der Waals surface area (Å²) in [5.74, 6) is 1.77. The molecule has 3 aromatic rings. The average Bonchev–Trinajstić information content (AvgIpc) is 3.25. The number of methoxy groups -OCH3 is 1. The van der Waals surface area contributed by atoms with Gasteiger partial charge in [-0.1, -0.05) is 19.1 Å². The van der Waals surface area contributed by atoms with Gasteiger partial charge in [0.2, 0.25) is 0 Å². The third-order valence-corrected chi connectivity index (χ3v) is 7.20. The highest BCUT2D eigenvalue weighted by Crippen LogP contribution is 2.40. The molecule has 7 nitrogen and oxygen atoms in total. The highest BCUT2D eigenvalue weighted by atomic mass is 16.5. The van der Waals surface area contributed by atoms with E-state index in [-0.39, 0.29) is 0 Å². The summed E-state index contributed by atoms with van der Waals surface area (Å²) in [5.41, 5.74) is 4.42. The first-order valence-electron chi connectivity index (χ1n) is 12.2. The van der Waals surface area contributed by atoms with Gasteiger partial charge in [0.15, 0.2) is 0 Å². The fourth-order valence-electron chi connectivity index (χ4n) is 5.31. The second-order valence-electron chi connectivity index (χ2n) is 9.00. The molecule has 1 saturated carbocycles. The zero-order chi connectivity index (χ0) is 23.4. The quantitative estimate of drug-likeness (QED) is 0.501. The molecule has 2 N–H and O–H groups in total. The molecule has 1 aromatic carbocycles. The van der Waals surface area contributed by atoms with Crippen LogP contribution in [0.3, 0.4) is 0 Å². The zero-order valence-corrected chi connectivity index (χ0v) is 20.7. The minimum Gasteiger partial charge on any atom is -0.496 e. The molecule has 0 saturated heterocycles. The monoisotopic (exact) mass is 450 g/mol. The van der Waals surface area contributed by atoms with Gasteiger partial charge < -0.3 is 19.9 Å². The Kier molecular flexibility index (Phi) is 7.50. The van der Waals surface area contributed by atoms with Gasteiger partial charge in [0.25, 0.3) is 0 Å². The van der Waals surface area contributed by atoms with Crippen LogP contribution >= 0.6 is 0 Å². The highest BCUT2D eigenvalue weighted by Gasteiger charge is 2.28. The minimum absolute atomic E-state index is 0.451. The van der Waals surface area contributed by atoms with E-state index in [1.807, 2.05) is 14.1 Å². The molecule has 0 atom stereocenters. The molecule has 0 radical (unpaired) electrons. The van der Waals surface area contributed by atoms with Gasteiger partial charge in [0.05, 0.1) is 12.5 Å². The molecule has 2 aromatic heterocycles.